The number of nitrogens with one attached hydrogen (secondary N) is 1. The van der Waals surface area contributed by atoms with E-state index in [1.54, 1.807) is 6.20 Å². The highest BCUT2D eigenvalue weighted by Crippen LogP contribution is 2.27. The average Bonchev–Trinajstić information content (AvgIpc) is 2.30. The van der Waals surface area contributed by atoms with Crippen LogP contribution in [0.1, 0.15) is 18.1 Å². The van der Waals surface area contributed by atoms with Crippen molar-refractivity contribution in [3.8, 4) is 11.1 Å². The van der Waals surface area contributed by atoms with Crippen molar-refractivity contribution in [2.75, 3.05) is 5.32 Å². The summed E-state index contributed by atoms with van der Waals surface area (Å²) in [5, 5.41) is 2.78. The number of carbonyl (C=O) groups is 1. The van der Waals surface area contributed by atoms with E-state index < -0.39 is 0 Å². The topological polar surface area (TPSA) is 42.0 Å². The largest absolute Gasteiger partial charge is 0.326 e. The molecule has 1 aromatic heterocycles. The lowest BCUT2D eigenvalue weighted by Crippen LogP contribution is -2.05. The van der Waals surface area contributed by atoms with Crippen molar-refractivity contribution >= 4 is 11.6 Å². The highest BCUT2D eigenvalue weighted by atomic mass is 16.1. The number of benzene rings is 1. The molecule has 92 valence electrons. The maximum atomic E-state index is 11.0. The van der Waals surface area contributed by atoms with Crippen molar-refractivity contribution in [2.45, 2.75) is 20.8 Å². The molecule has 0 aliphatic heterocycles. The number of hydrogen-bond donors (Lipinski definition) is 1. The second kappa shape index (κ2) is 5.00. The predicted octanol–water partition coefficient (Wildman–Crippen LogP) is 3.32. The van der Waals surface area contributed by atoms with E-state index in [4.69, 9.17) is 0 Å². The van der Waals surface area contributed by atoms with Crippen LogP contribution in [-0.4, -0.2) is 10.9 Å². The molecular formula is C15H16N2O. The van der Waals surface area contributed by atoms with Crippen LogP contribution in [0.5, 0.6) is 0 Å². The lowest BCUT2D eigenvalue weighted by atomic mass is 9.98. The van der Waals surface area contributed by atoms with E-state index in [9.17, 15) is 4.79 Å². The van der Waals surface area contributed by atoms with Gasteiger partial charge in [0.2, 0.25) is 5.91 Å². The fourth-order valence-corrected chi connectivity index (χ4v) is 1.99. The fourth-order valence-electron chi connectivity index (χ4n) is 1.99. The van der Waals surface area contributed by atoms with Crippen LogP contribution < -0.4 is 5.32 Å². The predicted molar refractivity (Wildman–Crippen MR) is 73.5 cm³/mol. The van der Waals surface area contributed by atoms with Gasteiger partial charge >= 0.3 is 0 Å². The van der Waals surface area contributed by atoms with Crippen molar-refractivity contribution < 1.29 is 4.79 Å². The molecular weight excluding hydrogens is 224 g/mol. The Balaban J connectivity index is 2.42. The van der Waals surface area contributed by atoms with Crippen molar-refractivity contribution in [2.24, 2.45) is 0 Å². The lowest BCUT2D eigenvalue weighted by Gasteiger charge is -2.10. The van der Waals surface area contributed by atoms with Crippen molar-refractivity contribution in [1.29, 1.82) is 0 Å². The van der Waals surface area contributed by atoms with E-state index in [-0.39, 0.29) is 5.91 Å². The quantitative estimate of drug-likeness (QED) is 0.874. The first-order chi connectivity index (χ1) is 8.58. The summed E-state index contributed by atoms with van der Waals surface area (Å²) in [4.78, 5) is 15.2. The molecule has 3 heteroatoms. The molecule has 18 heavy (non-hydrogen) atoms. The summed E-state index contributed by atoms with van der Waals surface area (Å²) in [6, 6.07) is 7.90. The molecule has 1 amide bonds. The van der Waals surface area contributed by atoms with Gasteiger partial charge in [0.25, 0.3) is 0 Å². The number of rotatable bonds is 2. The number of aryl methyl sites for hydroxylation is 2. The minimum Gasteiger partial charge on any atom is -0.326 e. The maximum Gasteiger partial charge on any atom is 0.221 e. The highest BCUT2D eigenvalue weighted by Gasteiger charge is 2.06. The number of hydrogen-bond acceptors (Lipinski definition) is 2. The smallest absolute Gasteiger partial charge is 0.221 e. The number of anilines is 1. The number of nitrogens with zero attached hydrogens (tertiary/aromatic N) is 1. The Morgan fingerprint density at radius 2 is 1.89 bits per heavy atom. The monoisotopic (exact) mass is 240 g/mol. The summed E-state index contributed by atoms with van der Waals surface area (Å²) < 4.78 is 0. The molecule has 3 nitrogen and oxygen atoms in total. The minimum atomic E-state index is -0.0558. The first-order valence-electron chi connectivity index (χ1n) is 5.87. The molecule has 2 aromatic rings. The van der Waals surface area contributed by atoms with Crippen LogP contribution in [0.25, 0.3) is 11.1 Å². The standard InChI is InChI=1S/C15H16N2O/c1-10-6-7-16-9-15(10)14-5-4-13(8-11(14)2)17-12(3)18/h4-9H,1-3H3,(H,17,18). The van der Waals surface area contributed by atoms with Gasteiger partial charge in [-0.3, -0.25) is 9.78 Å². The Kier molecular flexibility index (Phi) is 3.42. The molecule has 2 rings (SSSR count). The Morgan fingerprint density at radius 3 is 2.50 bits per heavy atom. The summed E-state index contributed by atoms with van der Waals surface area (Å²) in [7, 11) is 0. The number of amides is 1. The molecule has 0 bridgehead atoms. The van der Waals surface area contributed by atoms with Gasteiger partial charge in [-0.1, -0.05) is 6.07 Å². The Hall–Kier alpha value is -2.16. The van der Waals surface area contributed by atoms with E-state index in [2.05, 4.69) is 17.2 Å². The van der Waals surface area contributed by atoms with Gasteiger partial charge in [0, 0.05) is 30.6 Å². The summed E-state index contributed by atoms with van der Waals surface area (Å²) in [5.41, 5.74) is 5.42. The second-order valence-electron chi connectivity index (χ2n) is 4.40. The molecule has 0 atom stereocenters. The second-order valence-corrected chi connectivity index (χ2v) is 4.40. The van der Waals surface area contributed by atoms with Gasteiger partial charge in [0.1, 0.15) is 0 Å². The number of pyridine rings is 1. The van der Waals surface area contributed by atoms with Gasteiger partial charge in [-0.2, -0.15) is 0 Å². The molecule has 0 fully saturated rings. The Morgan fingerprint density at radius 1 is 1.11 bits per heavy atom. The minimum absolute atomic E-state index is 0.0558. The van der Waals surface area contributed by atoms with E-state index in [1.165, 1.54) is 12.5 Å². The summed E-state index contributed by atoms with van der Waals surface area (Å²) in [6.07, 6.45) is 3.66. The third-order valence-electron chi connectivity index (χ3n) is 2.88. The zero-order chi connectivity index (χ0) is 13.1. The Labute approximate surface area is 107 Å². The lowest BCUT2D eigenvalue weighted by molar-refractivity contribution is -0.114. The molecule has 1 heterocycles. The first-order valence-corrected chi connectivity index (χ1v) is 5.87. The van der Waals surface area contributed by atoms with Crippen LogP contribution >= 0.6 is 0 Å². The zero-order valence-corrected chi connectivity index (χ0v) is 10.8. The van der Waals surface area contributed by atoms with E-state index in [0.29, 0.717) is 0 Å². The molecule has 0 saturated heterocycles. The van der Waals surface area contributed by atoms with Crippen LogP contribution in [0.2, 0.25) is 0 Å². The van der Waals surface area contributed by atoms with Crippen molar-refractivity contribution in [3.63, 3.8) is 0 Å². The van der Waals surface area contributed by atoms with Gasteiger partial charge in [-0.25, -0.2) is 0 Å². The first kappa shape index (κ1) is 12.3. The fraction of sp³-hybridized carbons (Fsp3) is 0.200. The van der Waals surface area contributed by atoms with Gasteiger partial charge in [0.05, 0.1) is 0 Å². The van der Waals surface area contributed by atoms with Crippen LogP contribution in [0.4, 0.5) is 5.69 Å². The third kappa shape index (κ3) is 2.56. The molecule has 1 N–H and O–H groups in total. The summed E-state index contributed by atoms with van der Waals surface area (Å²) in [6.45, 7) is 5.61. The third-order valence-corrected chi connectivity index (χ3v) is 2.88. The van der Waals surface area contributed by atoms with Gasteiger partial charge in [-0.05, 0) is 48.7 Å². The molecule has 0 aliphatic rings. The SMILES string of the molecule is CC(=O)Nc1ccc(-c2cnccc2C)c(C)c1. The highest BCUT2D eigenvalue weighted by molar-refractivity contribution is 5.89. The Bertz CT molecular complexity index is 591. The van der Waals surface area contributed by atoms with Crippen LogP contribution in [-0.2, 0) is 4.79 Å². The molecule has 0 saturated carbocycles. The normalized spacial score (nSPS) is 10.2. The van der Waals surface area contributed by atoms with Crippen molar-refractivity contribution in [1.82, 2.24) is 4.98 Å². The van der Waals surface area contributed by atoms with E-state index >= 15 is 0 Å². The molecule has 0 aliphatic carbocycles. The van der Waals surface area contributed by atoms with Crippen molar-refractivity contribution in [3.05, 3.63) is 47.8 Å². The van der Waals surface area contributed by atoms with E-state index in [0.717, 1.165) is 22.4 Å². The average molecular weight is 240 g/mol. The number of aromatic nitrogens is 1. The van der Waals surface area contributed by atoms with Crippen LogP contribution in [0, 0.1) is 13.8 Å². The molecule has 0 spiro atoms. The maximum absolute atomic E-state index is 11.0. The molecule has 0 radical (unpaired) electrons. The summed E-state index contributed by atoms with van der Waals surface area (Å²) >= 11 is 0. The van der Waals surface area contributed by atoms with Gasteiger partial charge in [0.15, 0.2) is 0 Å². The number of carbonyl (C=O) groups excluding carboxylic acids is 1. The van der Waals surface area contributed by atoms with E-state index in [1.807, 2.05) is 37.4 Å². The van der Waals surface area contributed by atoms with Gasteiger partial charge < -0.3 is 5.32 Å². The zero-order valence-electron chi connectivity index (χ0n) is 10.8. The van der Waals surface area contributed by atoms with Crippen LogP contribution in [0.3, 0.4) is 0 Å². The van der Waals surface area contributed by atoms with Gasteiger partial charge in [-0.15, -0.1) is 0 Å². The molecule has 0 unspecified atom stereocenters. The van der Waals surface area contributed by atoms with Crippen LogP contribution in [0.15, 0.2) is 36.7 Å². The molecule has 1 aromatic carbocycles. The summed E-state index contributed by atoms with van der Waals surface area (Å²) in [5.74, 6) is -0.0558.